The predicted octanol–water partition coefficient (Wildman–Crippen LogP) is 2.16. The van der Waals surface area contributed by atoms with Crippen LogP contribution >= 0.6 is 0 Å². The minimum absolute atomic E-state index is 0.217. The zero-order valence-corrected chi connectivity index (χ0v) is 10.8. The van der Waals surface area contributed by atoms with Gasteiger partial charge >= 0.3 is 5.97 Å². The van der Waals surface area contributed by atoms with Crippen molar-refractivity contribution in [2.24, 2.45) is 5.92 Å². The molecule has 0 saturated carbocycles. The lowest BCUT2D eigenvalue weighted by Crippen LogP contribution is -2.26. The van der Waals surface area contributed by atoms with E-state index in [0.717, 1.165) is 18.7 Å². The molecule has 1 aromatic carbocycles. The molecule has 2 rings (SSSR count). The van der Waals surface area contributed by atoms with Crippen LogP contribution in [-0.2, 0) is 4.79 Å². The number of hydrogen-bond donors (Lipinski definition) is 1. The van der Waals surface area contributed by atoms with Crippen LogP contribution in [0.25, 0.3) is 0 Å². The molecule has 1 fully saturated rings. The molecule has 98 valence electrons. The number of hydrogen-bond acceptors (Lipinski definition) is 3. The molecular formula is C14H19NO3. The van der Waals surface area contributed by atoms with Gasteiger partial charge in [-0.3, -0.25) is 9.69 Å². The molecule has 1 unspecified atom stereocenters. The largest absolute Gasteiger partial charge is 0.497 e. The summed E-state index contributed by atoms with van der Waals surface area (Å²) < 4.78 is 5.13. The molecular weight excluding hydrogens is 230 g/mol. The topological polar surface area (TPSA) is 49.8 Å². The number of nitrogens with zero attached hydrogens (tertiary/aromatic N) is 1. The van der Waals surface area contributed by atoms with Crippen LogP contribution in [0.2, 0.25) is 0 Å². The zero-order chi connectivity index (χ0) is 13.1. The Bertz CT molecular complexity index is 416. The molecule has 0 radical (unpaired) electrons. The van der Waals surface area contributed by atoms with Gasteiger partial charge in [-0.05, 0) is 37.6 Å². The highest BCUT2D eigenvalue weighted by Crippen LogP contribution is 2.28. The first-order valence-corrected chi connectivity index (χ1v) is 6.22. The molecule has 1 aliphatic heterocycles. The molecule has 1 N–H and O–H groups in total. The first-order chi connectivity index (χ1) is 8.61. The monoisotopic (exact) mass is 249 g/mol. The van der Waals surface area contributed by atoms with Gasteiger partial charge in [0.15, 0.2) is 0 Å². The number of rotatable bonds is 4. The van der Waals surface area contributed by atoms with Gasteiger partial charge in [-0.25, -0.2) is 0 Å². The van der Waals surface area contributed by atoms with E-state index in [1.54, 1.807) is 7.11 Å². The maximum atomic E-state index is 10.9. The molecule has 0 aliphatic carbocycles. The van der Waals surface area contributed by atoms with Crippen molar-refractivity contribution in [2.45, 2.75) is 19.4 Å². The molecule has 1 saturated heterocycles. The van der Waals surface area contributed by atoms with Crippen molar-refractivity contribution in [3.63, 3.8) is 0 Å². The molecule has 2 atom stereocenters. The van der Waals surface area contributed by atoms with E-state index in [4.69, 9.17) is 9.84 Å². The molecule has 4 nitrogen and oxygen atoms in total. The summed E-state index contributed by atoms with van der Waals surface area (Å²) >= 11 is 0. The second-order valence-electron chi connectivity index (χ2n) is 4.77. The number of carboxylic acid groups (broad SMARTS) is 1. The second kappa shape index (κ2) is 5.40. The van der Waals surface area contributed by atoms with Crippen LogP contribution in [0.5, 0.6) is 5.75 Å². The molecule has 0 spiro atoms. The van der Waals surface area contributed by atoms with Crippen LogP contribution in [-0.4, -0.2) is 36.2 Å². The van der Waals surface area contributed by atoms with E-state index in [9.17, 15) is 4.79 Å². The van der Waals surface area contributed by atoms with Crippen LogP contribution < -0.4 is 4.74 Å². The molecule has 0 amide bonds. The van der Waals surface area contributed by atoms with Crippen LogP contribution in [0, 0.1) is 5.92 Å². The van der Waals surface area contributed by atoms with Crippen LogP contribution in [0.1, 0.15) is 24.9 Å². The Hall–Kier alpha value is -1.55. The third-order valence-electron chi connectivity index (χ3n) is 3.71. The third kappa shape index (κ3) is 2.64. The second-order valence-corrected chi connectivity index (χ2v) is 4.77. The van der Waals surface area contributed by atoms with Crippen molar-refractivity contribution < 1.29 is 14.6 Å². The number of methoxy groups -OCH3 is 1. The molecule has 1 heterocycles. The lowest BCUT2D eigenvalue weighted by molar-refractivity contribution is -0.141. The van der Waals surface area contributed by atoms with Gasteiger partial charge in [-0.1, -0.05) is 12.1 Å². The fourth-order valence-corrected chi connectivity index (χ4v) is 2.43. The molecule has 18 heavy (non-hydrogen) atoms. The Morgan fingerprint density at radius 3 is 2.61 bits per heavy atom. The summed E-state index contributed by atoms with van der Waals surface area (Å²) in [6, 6.07) is 8.21. The Morgan fingerprint density at radius 1 is 1.44 bits per heavy atom. The number of likely N-dealkylation sites (tertiary alicyclic amines) is 1. The van der Waals surface area contributed by atoms with E-state index in [-0.39, 0.29) is 12.0 Å². The van der Waals surface area contributed by atoms with Crippen molar-refractivity contribution >= 4 is 5.97 Å². The SMILES string of the molecule is COc1ccc([C@H](C)N2CCC(C(=O)O)C2)cc1. The van der Waals surface area contributed by atoms with Gasteiger partial charge in [0.2, 0.25) is 0 Å². The van der Waals surface area contributed by atoms with Crippen molar-refractivity contribution in [1.82, 2.24) is 4.90 Å². The normalized spacial score (nSPS) is 21.8. The van der Waals surface area contributed by atoms with E-state index >= 15 is 0 Å². The van der Waals surface area contributed by atoms with E-state index in [0.29, 0.717) is 6.54 Å². The van der Waals surface area contributed by atoms with E-state index in [1.165, 1.54) is 5.56 Å². The van der Waals surface area contributed by atoms with Crippen molar-refractivity contribution in [2.75, 3.05) is 20.2 Å². The van der Waals surface area contributed by atoms with E-state index in [1.807, 2.05) is 24.3 Å². The van der Waals surface area contributed by atoms with Gasteiger partial charge in [0.05, 0.1) is 13.0 Å². The first kappa shape index (κ1) is 12.9. The Balaban J connectivity index is 2.02. The van der Waals surface area contributed by atoms with Gasteiger partial charge in [0, 0.05) is 12.6 Å². The van der Waals surface area contributed by atoms with Gasteiger partial charge in [-0.2, -0.15) is 0 Å². The van der Waals surface area contributed by atoms with Gasteiger partial charge in [0.25, 0.3) is 0 Å². The molecule has 4 heteroatoms. The fourth-order valence-electron chi connectivity index (χ4n) is 2.43. The Kier molecular flexibility index (Phi) is 3.87. The highest BCUT2D eigenvalue weighted by atomic mass is 16.5. The van der Waals surface area contributed by atoms with E-state index in [2.05, 4.69) is 11.8 Å². The predicted molar refractivity (Wildman–Crippen MR) is 68.7 cm³/mol. The van der Waals surface area contributed by atoms with Crippen molar-refractivity contribution in [3.8, 4) is 5.75 Å². The molecule has 0 aromatic heterocycles. The summed E-state index contributed by atoms with van der Waals surface area (Å²) in [6.45, 7) is 3.61. The Labute approximate surface area is 107 Å². The lowest BCUT2D eigenvalue weighted by Gasteiger charge is -2.24. The van der Waals surface area contributed by atoms with Crippen LogP contribution in [0.3, 0.4) is 0 Å². The standard InChI is InChI=1S/C14H19NO3/c1-10(11-3-5-13(18-2)6-4-11)15-8-7-12(9-15)14(16)17/h3-6,10,12H,7-9H2,1-2H3,(H,16,17)/t10-,12?/m0/s1. The minimum atomic E-state index is -0.681. The molecule has 1 aromatic rings. The average molecular weight is 249 g/mol. The van der Waals surface area contributed by atoms with Gasteiger partial charge < -0.3 is 9.84 Å². The first-order valence-electron chi connectivity index (χ1n) is 6.22. The highest BCUT2D eigenvalue weighted by Gasteiger charge is 2.30. The summed E-state index contributed by atoms with van der Waals surface area (Å²) in [6.07, 6.45) is 0.746. The molecule has 0 bridgehead atoms. The number of aliphatic carboxylic acids is 1. The number of carbonyl (C=O) groups is 1. The summed E-state index contributed by atoms with van der Waals surface area (Å²) in [5, 5.41) is 9.01. The zero-order valence-electron chi connectivity index (χ0n) is 10.8. The third-order valence-corrected chi connectivity index (χ3v) is 3.71. The van der Waals surface area contributed by atoms with Gasteiger partial charge in [-0.15, -0.1) is 0 Å². The van der Waals surface area contributed by atoms with Crippen LogP contribution in [0.4, 0.5) is 0 Å². The lowest BCUT2D eigenvalue weighted by atomic mass is 10.1. The molecule has 1 aliphatic rings. The maximum absolute atomic E-state index is 10.9. The quantitative estimate of drug-likeness (QED) is 0.888. The minimum Gasteiger partial charge on any atom is -0.497 e. The summed E-state index contributed by atoms with van der Waals surface area (Å²) in [4.78, 5) is 13.2. The van der Waals surface area contributed by atoms with Crippen molar-refractivity contribution in [1.29, 1.82) is 0 Å². The van der Waals surface area contributed by atoms with E-state index < -0.39 is 5.97 Å². The number of carboxylic acids is 1. The summed E-state index contributed by atoms with van der Waals surface area (Å²) in [5.74, 6) is -0.0547. The number of ether oxygens (including phenoxy) is 1. The Morgan fingerprint density at radius 2 is 2.11 bits per heavy atom. The summed E-state index contributed by atoms with van der Waals surface area (Å²) in [5.41, 5.74) is 1.20. The fraction of sp³-hybridized carbons (Fsp3) is 0.500. The smallest absolute Gasteiger partial charge is 0.307 e. The highest BCUT2D eigenvalue weighted by molar-refractivity contribution is 5.70. The summed E-state index contributed by atoms with van der Waals surface area (Å²) in [7, 11) is 1.65. The van der Waals surface area contributed by atoms with Crippen LogP contribution in [0.15, 0.2) is 24.3 Å². The van der Waals surface area contributed by atoms with Crippen molar-refractivity contribution in [3.05, 3.63) is 29.8 Å². The maximum Gasteiger partial charge on any atom is 0.307 e. The van der Waals surface area contributed by atoms with Gasteiger partial charge in [0.1, 0.15) is 5.75 Å². The average Bonchev–Trinajstić information content (AvgIpc) is 2.88. The number of benzene rings is 1.